The molecule has 4 rings (SSSR count). The van der Waals surface area contributed by atoms with Gasteiger partial charge in [0.1, 0.15) is 5.78 Å². The van der Waals surface area contributed by atoms with Crippen molar-refractivity contribution in [3.63, 3.8) is 0 Å². The highest BCUT2D eigenvalue weighted by Gasteiger charge is 2.45. The highest BCUT2D eigenvalue weighted by atomic mass is 16.5. The zero-order valence-electron chi connectivity index (χ0n) is 14.5. The van der Waals surface area contributed by atoms with Gasteiger partial charge in [0.15, 0.2) is 0 Å². The predicted octanol–water partition coefficient (Wildman–Crippen LogP) is 4.35. The molecule has 1 aromatic carbocycles. The molecule has 1 N–H and O–H groups in total. The first-order valence-corrected chi connectivity index (χ1v) is 8.41. The summed E-state index contributed by atoms with van der Waals surface area (Å²) in [5.41, 5.74) is 5.01. The molecule has 124 valence electrons. The van der Waals surface area contributed by atoms with Crippen LogP contribution in [0.3, 0.4) is 0 Å². The molecule has 1 aromatic heterocycles. The van der Waals surface area contributed by atoms with Crippen LogP contribution in [0.2, 0.25) is 0 Å². The molecule has 1 aliphatic heterocycles. The molecule has 0 spiro atoms. The Bertz CT molecular complexity index is 843. The van der Waals surface area contributed by atoms with E-state index in [0.29, 0.717) is 12.3 Å². The number of allylic oxidation sites excluding steroid dienone is 2. The summed E-state index contributed by atoms with van der Waals surface area (Å²) >= 11 is 0. The fourth-order valence-electron chi connectivity index (χ4n) is 4.04. The Labute approximate surface area is 141 Å². The quantitative estimate of drug-likeness (QED) is 0.848. The van der Waals surface area contributed by atoms with E-state index < -0.39 is 0 Å². The van der Waals surface area contributed by atoms with E-state index in [4.69, 9.17) is 4.52 Å². The van der Waals surface area contributed by atoms with E-state index in [1.807, 2.05) is 6.92 Å². The lowest BCUT2D eigenvalue weighted by Gasteiger charge is -2.39. The minimum atomic E-state index is -0.189. The van der Waals surface area contributed by atoms with Gasteiger partial charge in [-0.25, -0.2) is 0 Å². The van der Waals surface area contributed by atoms with Gasteiger partial charge in [0.05, 0.1) is 11.6 Å². The van der Waals surface area contributed by atoms with Gasteiger partial charge in [-0.05, 0) is 24.8 Å². The zero-order valence-corrected chi connectivity index (χ0v) is 14.5. The van der Waals surface area contributed by atoms with Gasteiger partial charge in [-0.3, -0.25) is 4.79 Å². The minimum Gasteiger partial charge on any atom is -0.338 e. The number of nitrogens with one attached hydrogen (secondary N) is 1. The summed E-state index contributed by atoms with van der Waals surface area (Å²) in [5.74, 6) is 0.724. The van der Waals surface area contributed by atoms with Crippen LogP contribution in [0.25, 0.3) is 0 Å². The molecule has 0 saturated heterocycles. The Hall–Kier alpha value is -2.36. The standard InChI is InChI=1S/C20H22N2O2/c1-11-5-7-13(8-6-11)17-16-12(2)22-24-19(16)21-14-9-20(3,4)10-15(23)18(14)17/h5-9,17-18,21H,10H2,1-4H3/t17-,18+/m0/s1. The van der Waals surface area contributed by atoms with Crippen LogP contribution in [0.15, 0.2) is 40.6 Å². The fraction of sp³-hybridized carbons (Fsp3) is 0.400. The minimum absolute atomic E-state index is 0.0389. The van der Waals surface area contributed by atoms with Gasteiger partial charge in [-0.15, -0.1) is 0 Å². The molecule has 2 heterocycles. The summed E-state index contributed by atoms with van der Waals surface area (Å²) in [7, 11) is 0. The number of nitrogens with zero attached hydrogens (tertiary/aromatic N) is 1. The van der Waals surface area contributed by atoms with E-state index in [0.717, 1.165) is 22.5 Å². The van der Waals surface area contributed by atoms with Crippen molar-refractivity contribution in [3.05, 3.63) is 58.4 Å². The number of benzene rings is 1. The maximum Gasteiger partial charge on any atom is 0.232 e. The number of hydrogen-bond donors (Lipinski definition) is 1. The second-order valence-electron chi connectivity index (χ2n) is 7.73. The molecule has 0 radical (unpaired) electrons. The number of carbonyl (C=O) groups is 1. The van der Waals surface area contributed by atoms with Gasteiger partial charge in [0.2, 0.25) is 5.88 Å². The van der Waals surface area contributed by atoms with Crippen molar-refractivity contribution in [2.24, 2.45) is 11.3 Å². The highest BCUT2D eigenvalue weighted by Crippen LogP contribution is 2.50. The van der Waals surface area contributed by atoms with Crippen LogP contribution in [0.1, 0.15) is 48.6 Å². The molecule has 0 unspecified atom stereocenters. The van der Waals surface area contributed by atoms with Crippen LogP contribution in [0.5, 0.6) is 0 Å². The van der Waals surface area contributed by atoms with Crippen molar-refractivity contribution in [1.82, 2.24) is 5.16 Å². The smallest absolute Gasteiger partial charge is 0.232 e. The van der Waals surface area contributed by atoms with Gasteiger partial charge in [0.25, 0.3) is 0 Å². The monoisotopic (exact) mass is 322 g/mol. The molecule has 2 aromatic rings. The average Bonchev–Trinajstić information content (AvgIpc) is 2.86. The lowest BCUT2D eigenvalue weighted by molar-refractivity contribution is -0.124. The van der Waals surface area contributed by atoms with Crippen LogP contribution in [-0.2, 0) is 4.79 Å². The van der Waals surface area contributed by atoms with Gasteiger partial charge in [-0.2, -0.15) is 0 Å². The number of aryl methyl sites for hydroxylation is 2. The van der Waals surface area contributed by atoms with Crippen molar-refractivity contribution >= 4 is 11.7 Å². The first kappa shape index (κ1) is 15.2. The summed E-state index contributed by atoms with van der Waals surface area (Å²) in [6.07, 6.45) is 2.74. The first-order chi connectivity index (χ1) is 11.4. The lowest BCUT2D eigenvalue weighted by atomic mass is 9.67. The summed E-state index contributed by atoms with van der Waals surface area (Å²) < 4.78 is 5.50. The fourth-order valence-corrected chi connectivity index (χ4v) is 4.04. The maximum absolute atomic E-state index is 13.0. The Kier molecular flexibility index (Phi) is 3.21. The number of hydrogen-bond acceptors (Lipinski definition) is 4. The number of ketones is 1. The largest absolute Gasteiger partial charge is 0.338 e. The molecule has 0 bridgehead atoms. The molecular formula is C20H22N2O2. The summed E-state index contributed by atoms with van der Waals surface area (Å²) in [5, 5.41) is 7.46. The van der Waals surface area contributed by atoms with Crippen LogP contribution in [-0.4, -0.2) is 10.9 Å². The van der Waals surface area contributed by atoms with Crippen molar-refractivity contribution in [2.45, 2.75) is 40.0 Å². The SMILES string of the molecule is Cc1ccc([C@H]2c3c(C)noc3NC3=CC(C)(C)CC(=O)[C@@H]32)cc1. The van der Waals surface area contributed by atoms with E-state index in [-0.39, 0.29) is 23.0 Å². The van der Waals surface area contributed by atoms with E-state index in [1.54, 1.807) is 0 Å². The topological polar surface area (TPSA) is 55.1 Å². The molecule has 2 aliphatic rings. The summed E-state index contributed by atoms with van der Waals surface area (Å²) in [6, 6.07) is 8.43. The number of carbonyl (C=O) groups excluding carboxylic acids is 1. The van der Waals surface area contributed by atoms with Gasteiger partial charge in [-0.1, -0.05) is 54.9 Å². The van der Waals surface area contributed by atoms with E-state index in [1.165, 1.54) is 5.56 Å². The number of fused-ring (bicyclic) bond motifs is 2. The molecule has 24 heavy (non-hydrogen) atoms. The maximum atomic E-state index is 13.0. The molecule has 2 atom stereocenters. The van der Waals surface area contributed by atoms with E-state index in [9.17, 15) is 4.79 Å². The molecule has 4 nitrogen and oxygen atoms in total. The Morgan fingerprint density at radius 2 is 1.88 bits per heavy atom. The number of rotatable bonds is 1. The second kappa shape index (κ2) is 5.07. The molecule has 0 amide bonds. The number of anilines is 1. The van der Waals surface area contributed by atoms with E-state index >= 15 is 0 Å². The third-order valence-electron chi connectivity index (χ3n) is 5.10. The van der Waals surface area contributed by atoms with Crippen molar-refractivity contribution in [3.8, 4) is 0 Å². The van der Waals surface area contributed by atoms with Gasteiger partial charge < -0.3 is 9.84 Å². The Balaban J connectivity index is 1.93. The highest BCUT2D eigenvalue weighted by molar-refractivity contribution is 5.90. The lowest BCUT2D eigenvalue weighted by Crippen LogP contribution is -2.38. The second-order valence-corrected chi connectivity index (χ2v) is 7.73. The van der Waals surface area contributed by atoms with E-state index in [2.05, 4.69) is 61.6 Å². The molecule has 0 saturated carbocycles. The summed E-state index contributed by atoms with van der Waals surface area (Å²) in [6.45, 7) is 8.20. The third kappa shape index (κ3) is 2.29. The van der Waals surface area contributed by atoms with Crippen LogP contribution >= 0.6 is 0 Å². The van der Waals surface area contributed by atoms with Crippen molar-refractivity contribution < 1.29 is 9.32 Å². The normalized spacial score (nSPS) is 24.7. The van der Waals surface area contributed by atoms with Crippen LogP contribution in [0.4, 0.5) is 5.88 Å². The predicted molar refractivity (Wildman–Crippen MR) is 92.9 cm³/mol. The van der Waals surface area contributed by atoms with Crippen LogP contribution in [0, 0.1) is 25.2 Å². The van der Waals surface area contributed by atoms with Crippen molar-refractivity contribution in [1.29, 1.82) is 0 Å². The Morgan fingerprint density at radius 1 is 1.17 bits per heavy atom. The van der Waals surface area contributed by atoms with Gasteiger partial charge in [0, 0.05) is 23.6 Å². The van der Waals surface area contributed by atoms with Crippen molar-refractivity contribution in [2.75, 3.05) is 5.32 Å². The average molecular weight is 322 g/mol. The molecular weight excluding hydrogens is 300 g/mol. The molecule has 4 heteroatoms. The number of Topliss-reactive ketones (excluding diaryl/α,β-unsaturated/α-hetero) is 1. The Morgan fingerprint density at radius 3 is 2.58 bits per heavy atom. The molecule has 1 aliphatic carbocycles. The number of aromatic nitrogens is 1. The third-order valence-corrected chi connectivity index (χ3v) is 5.10. The molecule has 0 fully saturated rings. The first-order valence-electron chi connectivity index (χ1n) is 8.41. The van der Waals surface area contributed by atoms with Gasteiger partial charge >= 0.3 is 0 Å². The zero-order chi connectivity index (χ0) is 17.1. The van der Waals surface area contributed by atoms with Crippen LogP contribution < -0.4 is 5.32 Å². The summed E-state index contributed by atoms with van der Waals surface area (Å²) in [4.78, 5) is 13.0.